The van der Waals surface area contributed by atoms with Crippen molar-refractivity contribution in [2.75, 3.05) is 12.4 Å². The summed E-state index contributed by atoms with van der Waals surface area (Å²) in [6.07, 6.45) is 0. The molecule has 106 valence electrons. The lowest BCUT2D eigenvalue weighted by Gasteiger charge is -2.10. The molecule has 0 unspecified atom stereocenters. The van der Waals surface area contributed by atoms with Crippen LogP contribution in [0.3, 0.4) is 0 Å². The fourth-order valence-electron chi connectivity index (χ4n) is 1.69. The van der Waals surface area contributed by atoms with Gasteiger partial charge in [-0.05, 0) is 18.2 Å². The largest absolute Gasteiger partial charge is 0.508 e. The topological polar surface area (TPSA) is 41.5 Å². The molecule has 2 rings (SSSR count). The van der Waals surface area contributed by atoms with Gasteiger partial charge in [-0.15, -0.1) is 0 Å². The van der Waals surface area contributed by atoms with Gasteiger partial charge >= 0.3 is 0 Å². The van der Waals surface area contributed by atoms with Crippen LogP contribution in [0.5, 0.6) is 11.5 Å². The number of benzene rings is 2. The van der Waals surface area contributed by atoms with E-state index in [0.29, 0.717) is 11.3 Å². The predicted molar refractivity (Wildman–Crippen MR) is 68.3 cm³/mol. The predicted octanol–water partition coefficient (Wildman–Crippen LogP) is 3.43. The molecule has 0 amide bonds. The number of hydrogen-bond donors (Lipinski definition) is 2. The van der Waals surface area contributed by atoms with Crippen LogP contribution in [0.25, 0.3) is 0 Å². The Hall–Kier alpha value is -2.37. The summed E-state index contributed by atoms with van der Waals surface area (Å²) in [4.78, 5) is 0. The highest BCUT2D eigenvalue weighted by molar-refractivity contribution is 5.47. The van der Waals surface area contributed by atoms with Crippen molar-refractivity contribution < 1.29 is 23.0 Å². The van der Waals surface area contributed by atoms with Gasteiger partial charge in [-0.1, -0.05) is 0 Å². The van der Waals surface area contributed by atoms with Crippen molar-refractivity contribution in [3.8, 4) is 11.5 Å². The Morgan fingerprint density at radius 3 is 2.35 bits per heavy atom. The van der Waals surface area contributed by atoms with Crippen LogP contribution in [-0.4, -0.2) is 12.2 Å². The quantitative estimate of drug-likeness (QED) is 0.845. The maximum atomic E-state index is 13.0. The standard InChI is InChI=1S/C14H12F3NO2/c1-20-10-2-3-13(19)8(4-10)7-18-9-5-11(15)14(17)12(16)6-9/h2-6,18-19H,7H2,1H3. The summed E-state index contributed by atoms with van der Waals surface area (Å²) in [7, 11) is 1.48. The summed E-state index contributed by atoms with van der Waals surface area (Å²) in [6, 6.07) is 6.29. The van der Waals surface area contributed by atoms with Gasteiger partial charge in [-0.25, -0.2) is 13.2 Å². The number of phenols is 1. The molecule has 0 aliphatic heterocycles. The number of rotatable bonds is 4. The minimum Gasteiger partial charge on any atom is -0.508 e. The third-order valence-electron chi connectivity index (χ3n) is 2.75. The molecule has 0 radical (unpaired) electrons. The van der Waals surface area contributed by atoms with E-state index < -0.39 is 17.5 Å². The minimum atomic E-state index is -1.51. The fourth-order valence-corrected chi connectivity index (χ4v) is 1.69. The van der Waals surface area contributed by atoms with Gasteiger partial charge in [0.2, 0.25) is 0 Å². The van der Waals surface area contributed by atoms with E-state index in [9.17, 15) is 18.3 Å². The molecule has 0 bridgehead atoms. The number of anilines is 1. The molecule has 0 spiro atoms. The van der Waals surface area contributed by atoms with E-state index in [4.69, 9.17) is 4.74 Å². The summed E-state index contributed by atoms with van der Waals surface area (Å²) in [6.45, 7) is 0.105. The molecule has 0 atom stereocenters. The Morgan fingerprint density at radius 1 is 1.10 bits per heavy atom. The molecule has 2 aromatic carbocycles. The minimum absolute atomic E-state index is 0.0151. The number of phenolic OH excluding ortho intramolecular Hbond substituents is 1. The van der Waals surface area contributed by atoms with Gasteiger partial charge < -0.3 is 15.2 Å². The molecule has 0 saturated heterocycles. The average molecular weight is 283 g/mol. The number of ether oxygens (including phenoxy) is 1. The highest BCUT2D eigenvalue weighted by Gasteiger charge is 2.11. The van der Waals surface area contributed by atoms with Gasteiger partial charge in [0, 0.05) is 29.9 Å². The smallest absolute Gasteiger partial charge is 0.194 e. The normalized spacial score (nSPS) is 10.4. The van der Waals surface area contributed by atoms with Gasteiger partial charge in [0.25, 0.3) is 0 Å². The van der Waals surface area contributed by atoms with E-state index in [2.05, 4.69) is 5.32 Å². The molecule has 2 N–H and O–H groups in total. The second kappa shape index (κ2) is 5.73. The highest BCUT2D eigenvalue weighted by Crippen LogP contribution is 2.24. The summed E-state index contributed by atoms with van der Waals surface area (Å²) >= 11 is 0. The Labute approximate surface area is 113 Å². The maximum Gasteiger partial charge on any atom is 0.194 e. The fraction of sp³-hybridized carbons (Fsp3) is 0.143. The van der Waals surface area contributed by atoms with Crippen molar-refractivity contribution in [1.29, 1.82) is 0 Å². The van der Waals surface area contributed by atoms with Crippen molar-refractivity contribution >= 4 is 5.69 Å². The maximum absolute atomic E-state index is 13.0. The first kappa shape index (κ1) is 14.0. The Bertz CT molecular complexity index is 609. The highest BCUT2D eigenvalue weighted by atomic mass is 19.2. The van der Waals surface area contributed by atoms with Gasteiger partial charge in [-0.2, -0.15) is 0 Å². The van der Waals surface area contributed by atoms with Crippen LogP contribution in [-0.2, 0) is 6.54 Å². The second-order valence-corrected chi connectivity index (χ2v) is 4.10. The zero-order chi connectivity index (χ0) is 14.7. The molecule has 20 heavy (non-hydrogen) atoms. The number of hydrogen-bond acceptors (Lipinski definition) is 3. The van der Waals surface area contributed by atoms with Gasteiger partial charge in [0.15, 0.2) is 17.5 Å². The first-order chi connectivity index (χ1) is 9.51. The molecular weight excluding hydrogens is 271 g/mol. The van der Waals surface area contributed by atoms with Crippen molar-refractivity contribution in [1.82, 2.24) is 0 Å². The third kappa shape index (κ3) is 2.96. The van der Waals surface area contributed by atoms with Crippen LogP contribution >= 0.6 is 0 Å². The van der Waals surface area contributed by atoms with E-state index in [1.807, 2.05) is 0 Å². The monoisotopic (exact) mass is 283 g/mol. The molecule has 3 nitrogen and oxygen atoms in total. The molecule has 2 aromatic rings. The summed E-state index contributed by atoms with van der Waals surface area (Å²) in [5, 5.41) is 12.4. The summed E-state index contributed by atoms with van der Waals surface area (Å²) in [5.74, 6) is -3.51. The van der Waals surface area contributed by atoms with E-state index in [0.717, 1.165) is 12.1 Å². The van der Waals surface area contributed by atoms with E-state index in [1.165, 1.54) is 13.2 Å². The van der Waals surface area contributed by atoms with Crippen molar-refractivity contribution in [3.63, 3.8) is 0 Å². The molecule has 0 saturated carbocycles. The van der Waals surface area contributed by atoms with Crippen molar-refractivity contribution in [3.05, 3.63) is 53.3 Å². The van der Waals surface area contributed by atoms with Crippen LogP contribution in [0.15, 0.2) is 30.3 Å². The number of halogens is 3. The van der Waals surface area contributed by atoms with Crippen LogP contribution < -0.4 is 10.1 Å². The Morgan fingerprint density at radius 2 is 1.75 bits per heavy atom. The molecule has 0 aliphatic rings. The third-order valence-corrected chi connectivity index (χ3v) is 2.75. The Balaban J connectivity index is 2.16. The van der Waals surface area contributed by atoms with E-state index in [1.54, 1.807) is 12.1 Å². The molecule has 0 fully saturated rings. The first-order valence-electron chi connectivity index (χ1n) is 5.75. The SMILES string of the molecule is COc1ccc(O)c(CNc2cc(F)c(F)c(F)c2)c1. The lowest BCUT2D eigenvalue weighted by Crippen LogP contribution is -2.02. The molecular formula is C14H12F3NO2. The van der Waals surface area contributed by atoms with Crippen molar-refractivity contribution in [2.24, 2.45) is 0 Å². The molecule has 0 aliphatic carbocycles. The van der Waals surface area contributed by atoms with Gasteiger partial charge in [-0.3, -0.25) is 0 Å². The van der Waals surface area contributed by atoms with E-state index >= 15 is 0 Å². The number of aromatic hydroxyl groups is 1. The van der Waals surface area contributed by atoms with Crippen molar-refractivity contribution in [2.45, 2.75) is 6.54 Å². The van der Waals surface area contributed by atoms with Gasteiger partial charge in [0.1, 0.15) is 11.5 Å². The van der Waals surface area contributed by atoms with Crippen LogP contribution in [0.1, 0.15) is 5.56 Å². The van der Waals surface area contributed by atoms with Gasteiger partial charge in [0.05, 0.1) is 7.11 Å². The molecule has 6 heteroatoms. The zero-order valence-corrected chi connectivity index (χ0v) is 10.6. The molecule has 0 heterocycles. The lowest BCUT2D eigenvalue weighted by atomic mass is 10.2. The van der Waals surface area contributed by atoms with Crippen LogP contribution in [0.4, 0.5) is 18.9 Å². The van der Waals surface area contributed by atoms with Crippen LogP contribution in [0, 0.1) is 17.5 Å². The average Bonchev–Trinajstić information content (AvgIpc) is 2.43. The number of nitrogens with one attached hydrogen (secondary N) is 1. The summed E-state index contributed by atoms with van der Waals surface area (Å²) < 4.78 is 43.9. The summed E-state index contributed by atoms with van der Waals surface area (Å²) in [5.41, 5.74) is 0.554. The first-order valence-corrected chi connectivity index (χ1v) is 5.75. The Kier molecular flexibility index (Phi) is 4.02. The van der Waals surface area contributed by atoms with E-state index in [-0.39, 0.29) is 18.0 Å². The second-order valence-electron chi connectivity index (χ2n) is 4.10. The van der Waals surface area contributed by atoms with Crippen LogP contribution in [0.2, 0.25) is 0 Å². The number of methoxy groups -OCH3 is 1. The zero-order valence-electron chi connectivity index (χ0n) is 10.6. The lowest BCUT2D eigenvalue weighted by molar-refractivity contribution is 0.411. The molecule has 0 aromatic heterocycles.